The number of hydrogen-bond acceptors (Lipinski definition) is 6. The number of nitrogens with one attached hydrogen (secondary N) is 1. The van der Waals surface area contributed by atoms with Crippen LogP contribution >= 0.6 is 11.3 Å². The van der Waals surface area contributed by atoms with Gasteiger partial charge in [-0.25, -0.2) is 8.42 Å². The van der Waals surface area contributed by atoms with Crippen molar-refractivity contribution in [2.45, 2.75) is 17.5 Å². The van der Waals surface area contributed by atoms with Crippen LogP contribution in [0.4, 0.5) is 0 Å². The van der Waals surface area contributed by atoms with E-state index in [4.69, 9.17) is 4.42 Å². The number of carbonyl (C=O) groups is 1. The highest BCUT2D eigenvalue weighted by Gasteiger charge is 2.36. The molecule has 2 aromatic rings. The SMILES string of the molecule is CN(C)Cc1ccc(C(=O)NC2CN(C)S(=O)(=O)c3ccsc32)o1. The summed E-state index contributed by atoms with van der Waals surface area (Å²) in [5, 5.41) is 4.60. The van der Waals surface area contributed by atoms with Gasteiger partial charge >= 0.3 is 0 Å². The lowest BCUT2D eigenvalue weighted by atomic mass is 10.2. The maximum absolute atomic E-state index is 12.4. The monoisotopic (exact) mass is 369 g/mol. The molecule has 0 fully saturated rings. The molecule has 0 aliphatic carbocycles. The number of thiophene rings is 1. The summed E-state index contributed by atoms with van der Waals surface area (Å²) in [6.07, 6.45) is 0. The molecule has 9 heteroatoms. The standard InChI is InChI=1S/C15H19N3O4S2/c1-17(2)8-10-4-5-12(22-10)15(19)16-11-9-18(3)24(20,21)13-6-7-23-14(11)13/h4-7,11H,8-9H2,1-3H3,(H,16,19). The van der Waals surface area contributed by atoms with Gasteiger partial charge in [0, 0.05) is 18.5 Å². The third-order valence-corrected chi connectivity index (χ3v) is 6.81. The van der Waals surface area contributed by atoms with Gasteiger partial charge in [-0.2, -0.15) is 4.31 Å². The summed E-state index contributed by atoms with van der Waals surface area (Å²) in [4.78, 5) is 15.3. The van der Waals surface area contributed by atoms with Gasteiger partial charge in [0.1, 0.15) is 5.76 Å². The van der Waals surface area contributed by atoms with Crippen LogP contribution in [0.5, 0.6) is 0 Å². The molecular weight excluding hydrogens is 350 g/mol. The van der Waals surface area contributed by atoms with Crippen LogP contribution in [-0.2, 0) is 16.6 Å². The van der Waals surface area contributed by atoms with E-state index in [1.165, 1.54) is 22.7 Å². The van der Waals surface area contributed by atoms with Gasteiger partial charge in [-0.1, -0.05) is 0 Å². The van der Waals surface area contributed by atoms with E-state index in [1.54, 1.807) is 23.6 Å². The van der Waals surface area contributed by atoms with Crippen LogP contribution in [0, 0.1) is 0 Å². The van der Waals surface area contributed by atoms with Crippen molar-refractivity contribution < 1.29 is 17.6 Å². The molecule has 0 aromatic carbocycles. The van der Waals surface area contributed by atoms with Crippen molar-refractivity contribution in [1.29, 1.82) is 0 Å². The predicted molar refractivity (Wildman–Crippen MR) is 90.4 cm³/mol. The maximum Gasteiger partial charge on any atom is 0.287 e. The molecule has 1 unspecified atom stereocenters. The van der Waals surface area contributed by atoms with Crippen molar-refractivity contribution in [3.63, 3.8) is 0 Å². The zero-order valence-corrected chi connectivity index (χ0v) is 15.3. The van der Waals surface area contributed by atoms with E-state index in [9.17, 15) is 13.2 Å². The third kappa shape index (κ3) is 3.12. The normalized spacial score (nSPS) is 20.1. The molecule has 7 nitrogen and oxygen atoms in total. The number of rotatable bonds is 4. The lowest BCUT2D eigenvalue weighted by molar-refractivity contribution is 0.0900. The molecule has 1 N–H and O–H groups in total. The number of fused-ring (bicyclic) bond motifs is 1. The minimum atomic E-state index is -3.46. The highest BCUT2D eigenvalue weighted by Crippen LogP contribution is 2.35. The van der Waals surface area contributed by atoms with Gasteiger partial charge in [0.05, 0.1) is 17.5 Å². The Morgan fingerprint density at radius 1 is 1.42 bits per heavy atom. The van der Waals surface area contributed by atoms with E-state index in [1.807, 2.05) is 19.0 Å². The van der Waals surface area contributed by atoms with Crippen LogP contribution in [0.2, 0.25) is 0 Å². The first kappa shape index (κ1) is 17.2. The maximum atomic E-state index is 12.4. The van der Waals surface area contributed by atoms with Gasteiger partial charge in [0.25, 0.3) is 5.91 Å². The molecule has 3 rings (SSSR count). The van der Waals surface area contributed by atoms with E-state index < -0.39 is 10.0 Å². The number of likely N-dealkylation sites (N-methyl/N-ethyl adjacent to an activating group) is 1. The third-order valence-electron chi connectivity index (χ3n) is 3.76. The van der Waals surface area contributed by atoms with Gasteiger partial charge in [-0.3, -0.25) is 4.79 Å². The van der Waals surface area contributed by atoms with Crippen LogP contribution in [-0.4, -0.2) is 51.2 Å². The molecular formula is C15H19N3O4S2. The second-order valence-corrected chi connectivity index (χ2v) is 8.93. The summed E-state index contributed by atoms with van der Waals surface area (Å²) in [5.41, 5.74) is 0. The number of carbonyl (C=O) groups excluding carboxylic acids is 1. The summed E-state index contributed by atoms with van der Waals surface area (Å²) >= 11 is 1.33. The zero-order valence-electron chi connectivity index (χ0n) is 13.6. The molecule has 0 saturated carbocycles. The van der Waals surface area contributed by atoms with Crippen LogP contribution in [0.15, 0.2) is 32.9 Å². The fraction of sp³-hybridized carbons (Fsp3) is 0.400. The molecule has 0 radical (unpaired) electrons. The fourth-order valence-electron chi connectivity index (χ4n) is 2.62. The van der Waals surface area contributed by atoms with E-state index in [-0.39, 0.29) is 29.1 Å². The number of amides is 1. The van der Waals surface area contributed by atoms with E-state index in [0.29, 0.717) is 17.2 Å². The second kappa shape index (κ2) is 6.32. The topological polar surface area (TPSA) is 82.9 Å². The minimum Gasteiger partial charge on any atom is -0.455 e. The zero-order chi connectivity index (χ0) is 17.5. The minimum absolute atomic E-state index is 0.201. The summed E-state index contributed by atoms with van der Waals surface area (Å²) in [5.74, 6) is 0.573. The quantitative estimate of drug-likeness (QED) is 0.883. The van der Waals surface area contributed by atoms with Crippen LogP contribution in [0.1, 0.15) is 27.2 Å². The Hall–Kier alpha value is -1.68. The van der Waals surface area contributed by atoms with Crippen molar-refractivity contribution in [1.82, 2.24) is 14.5 Å². The summed E-state index contributed by atoms with van der Waals surface area (Å²) < 4.78 is 31.3. The van der Waals surface area contributed by atoms with Gasteiger partial charge in [0.15, 0.2) is 5.76 Å². The van der Waals surface area contributed by atoms with Gasteiger partial charge < -0.3 is 14.6 Å². The molecule has 1 aliphatic rings. The summed E-state index contributed by atoms with van der Waals surface area (Å²) in [6, 6.07) is 4.59. The van der Waals surface area contributed by atoms with Crippen molar-refractivity contribution in [2.75, 3.05) is 27.7 Å². The number of sulfonamides is 1. The van der Waals surface area contributed by atoms with E-state index >= 15 is 0 Å². The predicted octanol–water partition coefficient (Wildman–Crippen LogP) is 1.51. The first-order valence-corrected chi connectivity index (χ1v) is 9.69. The van der Waals surface area contributed by atoms with E-state index in [2.05, 4.69) is 5.32 Å². The Balaban J connectivity index is 1.79. The molecule has 130 valence electrons. The number of furan rings is 1. The first-order chi connectivity index (χ1) is 11.3. The highest BCUT2D eigenvalue weighted by molar-refractivity contribution is 7.89. The lowest BCUT2D eigenvalue weighted by Gasteiger charge is -2.29. The van der Waals surface area contributed by atoms with Crippen molar-refractivity contribution in [3.8, 4) is 0 Å². The number of nitrogens with zero attached hydrogens (tertiary/aromatic N) is 2. The Labute approximate surface area is 144 Å². The van der Waals surface area contributed by atoms with Crippen molar-refractivity contribution in [2.24, 2.45) is 0 Å². The van der Waals surface area contributed by atoms with Gasteiger partial charge in [-0.15, -0.1) is 11.3 Å². The van der Waals surface area contributed by atoms with E-state index in [0.717, 1.165) is 0 Å². The first-order valence-electron chi connectivity index (χ1n) is 7.37. The largest absolute Gasteiger partial charge is 0.455 e. The van der Waals surface area contributed by atoms with Crippen LogP contribution in [0.25, 0.3) is 0 Å². The summed E-state index contributed by atoms with van der Waals surface area (Å²) in [6.45, 7) is 0.805. The molecule has 0 bridgehead atoms. The smallest absolute Gasteiger partial charge is 0.287 e. The molecule has 1 atom stereocenters. The molecule has 0 saturated heterocycles. The van der Waals surface area contributed by atoms with Gasteiger partial charge in [0.2, 0.25) is 10.0 Å². The molecule has 24 heavy (non-hydrogen) atoms. The Bertz CT molecular complexity index is 854. The van der Waals surface area contributed by atoms with Crippen LogP contribution in [0.3, 0.4) is 0 Å². The Morgan fingerprint density at radius 2 is 2.17 bits per heavy atom. The Kier molecular flexibility index (Phi) is 4.52. The average Bonchev–Trinajstić information content (AvgIpc) is 3.13. The average molecular weight is 369 g/mol. The number of hydrogen-bond donors (Lipinski definition) is 1. The second-order valence-electron chi connectivity index (χ2n) is 5.96. The van der Waals surface area contributed by atoms with Gasteiger partial charge in [-0.05, 0) is 37.7 Å². The molecule has 1 amide bonds. The van der Waals surface area contributed by atoms with Crippen molar-refractivity contribution >= 4 is 27.3 Å². The molecule has 1 aliphatic heterocycles. The molecule has 0 spiro atoms. The van der Waals surface area contributed by atoms with Crippen molar-refractivity contribution in [3.05, 3.63) is 40.0 Å². The molecule has 2 aromatic heterocycles. The summed E-state index contributed by atoms with van der Waals surface area (Å²) in [7, 11) is 1.89. The lowest BCUT2D eigenvalue weighted by Crippen LogP contribution is -2.42. The molecule has 3 heterocycles. The highest BCUT2D eigenvalue weighted by atomic mass is 32.2. The Morgan fingerprint density at radius 3 is 2.88 bits per heavy atom. The fourth-order valence-corrected chi connectivity index (χ4v) is 5.32. The van der Waals surface area contributed by atoms with Crippen LogP contribution < -0.4 is 5.32 Å².